The van der Waals surface area contributed by atoms with E-state index in [1.807, 2.05) is 54.6 Å². The number of halogens is 1. The van der Waals surface area contributed by atoms with Crippen molar-refractivity contribution in [2.75, 3.05) is 13.7 Å². The molecule has 0 amide bonds. The van der Waals surface area contributed by atoms with Gasteiger partial charge in [0.05, 0.1) is 23.3 Å². The topological polar surface area (TPSA) is 49.4 Å². The normalized spacial score (nSPS) is 11.1. The molecule has 0 atom stereocenters. The van der Waals surface area contributed by atoms with Gasteiger partial charge in [-0.05, 0) is 77.7 Å². The summed E-state index contributed by atoms with van der Waals surface area (Å²) < 4.78 is 13.7. The molecule has 36 heavy (non-hydrogen) atoms. The zero-order valence-corrected chi connectivity index (χ0v) is 21.0. The Morgan fingerprint density at radius 3 is 2.17 bits per heavy atom. The Labute approximate surface area is 216 Å². The highest BCUT2D eigenvalue weighted by atomic mass is 35.5. The van der Waals surface area contributed by atoms with E-state index >= 15 is 0 Å². The standard InChI is InChI=1S/C31H29ClN2O2/c1-35-26-13-11-25(12-14-26)31-30(32)28-19-27(36-21-24-5-3-2-4-6-24)15-16-29(28)34(31)20-23-9-7-22(8-10-23)17-18-33/h2-16,19H,17-18,20-21,33H2,1H3. The SMILES string of the molecule is COc1ccc(-c2c(Cl)c3cc(OCc4ccccc4)ccc3n2Cc2ccc(CCN)cc2)cc1. The van der Waals surface area contributed by atoms with Crippen LogP contribution in [-0.4, -0.2) is 18.2 Å². The highest BCUT2D eigenvalue weighted by molar-refractivity contribution is 6.38. The molecule has 0 bridgehead atoms. The van der Waals surface area contributed by atoms with E-state index in [0.717, 1.165) is 45.6 Å². The van der Waals surface area contributed by atoms with E-state index < -0.39 is 0 Å². The van der Waals surface area contributed by atoms with Gasteiger partial charge in [-0.15, -0.1) is 0 Å². The maximum Gasteiger partial charge on any atom is 0.120 e. The van der Waals surface area contributed by atoms with Gasteiger partial charge in [-0.2, -0.15) is 0 Å². The molecule has 0 aliphatic rings. The van der Waals surface area contributed by atoms with Crippen molar-refractivity contribution in [1.29, 1.82) is 0 Å². The summed E-state index contributed by atoms with van der Waals surface area (Å²) in [5.74, 6) is 1.60. The van der Waals surface area contributed by atoms with Crippen LogP contribution in [0.3, 0.4) is 0 Å². The lowest BCUT2D eigenvalue weighted by molar-refractivity contribution is 0.306. The largest absolute Gasteiger partial charge is 0.497 e. The van der Waals surface area contributed by atoms with Crippen LogP contribution in [-0.2, 0) is 19.6 Å². The lowest BCUT2D eigenvalue weighted by Crippen LogP contribution is -2.04. The molecule has 1 aromatic heterocycles. The van der Waals surface area contributed by atoms with Crippen molar-refractivity contribution in [1.82, 2.24) is 4.57 Å². The molecule has 0 fully saturated rings. The van der Waals surface area contributed by atoms with Crippen molar-refractivity contribution >= 4 is 22.5 Å². The van der Waals surface area contributed by atoms with Gasteiger partial charge in [0.25, 0.3) is 0 Å². The fraction of sp³-hybridized carbons (Fsp3) is 0.161. The molecule has 0 radical (unpaired) electrons. The quantitative estimate of drug-likeness (QED) is 0.237. The second-order valence-corrected chi connectivity index (χ2v) is 9.16. The van der Waals surface area contributed by atoms with Gasteiger partial charge in [0.2, 0.25) is 0 Å². The van der Waals surface area contributed by atoms with Crippen LogP contribution in [0.25, 0.3) is 22.2 Å². The first kappa shape index (κ1) is 24.0. The predicted octanol–water partition coefficient (Wildman–Crippen LogP) is 7.10. The number of rotatable bonds is 9. The van der Waals surface area contributed by atoms with Gasteiger partial charge in [-0.25, -0.2) is 0 Å². The molecule has 2 N–H and O–H groups in total. The number of ether oxygens (including phenoxy) is 2. The van der Waals surface area contributed by atoms with E-state index in [0.29, 0.717) is 24.7 Å². The molecule has 0 aliphatic heterocycles. The van der Waals surface area contributed by atoms with Crippen LogP contribution in [0, 0.1) is 0 Å². The molecule has 5 aromatic rings. The fourth-order valence-electron chi connectivity index (χ4n) is 4.48. The molecule has 4 aromatic carbocycles. The summed E-state index contributed by atoms with van der Waals surface area (Å²) in [7, 11) is 1.67. The number of fused-ring (bicyclic) bond motifs is 1. The number of hydrogen-bond acceptors (Lipinski definition) is 3. The van der Waals surface area contributed by atoms with Gasteiger partial charge in [0.1, 0.15) is 18.1 Å². The molecule has 4 nitrogen and oxygen atoms in total. The van der Waals surface area contributed by atoms with Gasteiger partial charge < -0.3 is 19.8 Å². The zero-order valence-electron chi connectivity index (χ0n) is 20.3. The number of hydrogen-bond donors (Lipinski definition) is 1. The third kappa shape index (κ3) is 5.11. The minimum absolute atomic E-state index is 0.505. The number of methoxy groups -OCH3 is 1. The third-order valence-electron chi connectivity index (χ3n) is 6.38. The molecule has 5 heteroatoms. The minimum atomic E-state index is 0.505. The second kappa shape index (κ2) is 10.9. The monoisotopic (exact) mass is 496 g/mol. The smallest absolute Gasteiger partial charge is 0.120 e. The van der Waals surface area contributed by atoms with Crippen molar-refractivity contribution in [3.05, 3.63) is 119 Å². The molecule has 0 saturated heterocycles. The van der Waals surface area contributed by atoms with Crippen LogP contribution in [0.15, 0.2) is 97.1 Å². The zero-order chi connectivity index (χ0) is 24.9. The molecule has 5 rings (SSSR count). The third-order valence-corrected chi connectivity index (χ3v) is 6.76. The van der Waals surface area contributed by atoms with Crippen LogP contribution in [0.1, 0.15) is 16.7 Å². The first-order valence-corrected chi connectivity index (χ1v) is 12.4. The van der Waals surface area contributed by atoms with Crippen molar-refractivity contribution < 1.29 is 9.47 Å². The van der Waals surface area contributed by atoms with E-state index in [4.69, 9.17) is 26.8 Å². The predicted molar refractivity (Wildman–Crippen MR) is 148 cm³/mol. The van der Waals surface area contributed by atoms with Gasteiger partial charge in [0, 0.05) is 11.9 Å². The van der Waals surface area contributed by atoms with Crippen molar-refractivity contribution in [3.8, 4) is 22.8 Å². The second-order valence-electron chi connectivity index (χ2n) is 8.79. The van der Waals surface area contributed by atoms with Crippen molar-refractivity contribution in [2.45, 2.75) is 19.6 Å². The van der Waals surface area contributed by atoms with Crippen LogP contribution in [0.5, 0.6) is 11.5 Å². The molecular formula is C31H29ClN2O2. The van der Waals surface area contributed by atoms with Gasteiger partial charge >= 0.3 is 0 Å². The van der Waals surface area contributed by atoms with Gasteiger partial charge in [-0.1, -0.05) is 66.2 Å². The van der Waals surface area contributed by atoms with Crippen LogP contribution < -0.4 is 15.2 Å². The summed E-state index contributed by atoms with van der Waals surface area (Å²) in [4.78, 5) is 0. The molecule has 0 saturated carbocycles. The number of aromatic nitrogens is 1. The summed E-state index contributed by atoms with van der Waals surface area (Å²) in [5.41, 5.74) is 12.3. The lowest BCUT2D eigenvalue weighted by Gasteiger charge is -2.13. The lowest BCUT2D eigenvalue weighted by atomic mass is 10.1. The highest BCUT2D eigenvalue weighted by Crippen LogP contribution is 2.40. The average molecular weight is 497 g/mol. The minimum Gasteiger partial charge on any atom is -0.497 e. The van der Waals surface area contributed by atoms with Gasteiger partial charge in [0.15, 0.2) is 0 Å². The Balaban J connectivity index is 1.54. The summed E-state index contributed by atoms with van der Waals surface area (Å²) in [6, 6.07) is 33.0. The first-order valence-electron chi connectivity index (χ1n) is 12.1. The van der Waals surface area contributed by atoms with Crippen molar-refractivity contribution in [2.24, 2.45) is 5.73 Å². The van der Waals surface area contributed by atoms with Crippen LogP contribution >= 0.6 is 11.6 Å². The Kier molecular flexibility index (Phi) is 7.26. The summed E-state index contributed by atoms with van der Waals surface area (Å²) >= 11 is 7.07. The molecule has 0 unspecified atom stereocenters. The molecule has 0 spiro atoms. The molecule has 182 valence electrons. The summed E-state index contributed by atoms with van der Waals surface area (Å²) in [6.07, 6.45) is 0.876. The molecular weight excluding hydrogens is 468 g/mol. The first-order chi connectivity index (χ1) is 17.7. The number of nitrogens with zero attached hydrogens (tertiary/aromatic N) is 1. The van der Waals surface area contributed by atoms with E-state index in [1.54, 1.807) is 7.11 Å². The Morgan fingerprint density at radius 2 is 1.47 bits per heavy atom. The average Bonchev–Trinajstić information content (AvgIpc) is 3.20. The van der Waals surface area contributed by atoms with Crippen molar-refractivity contribution in [3.63, 3.8) is 0 Å². The molecule has 1 heterocycles. The summed E-state index contributed by atoms with van der Waals surface area (Å²) in [6.45, 7) is 1.84. The maximum atomic E-state index is 7.07. The fourth-order valence-corrected chi connectivity index (χ4v) is 4.84. The maximum absolute atomic E-state index is 7.07. The van der Waals surface area contributed by atoms with Gasteiger partial charge in [-0.3, -0.25) is 0 Å². The number of nitrogens with two attached hydrogens (primary N) is 1. The Bertz CT molecular complexity index is 1440. The van der Waals surface area contributed by atoms with E-state index in [2.05, 4.69) is 47.0 Å². The van der Waals surface area contributed by atoms with E-state index in [9.17, 15) is 0 Å². The van der Waals surface area contributed by atoms with E-state index in [-0.39, 0.29) is 0 Å². The highest BCUT2D eigenvalue weighted by Gasteiger charge is 2.19. The summed E-state index contributed by atoms with van der Waals surface area (Å²) in [5, 5.41) is 1.67. The van der Waals surface area contributed by atoms with E-state index in [1.165, 1.54) is 11.1 Å². The van der Waals surface area contributed by atoms with Crippen LogP contribution in [0.4, 0.5) is 0 Å². The Morgan fingerprint density at radius 1 is 0.778 bits per heavy atom. The van der Waals surface area contributed by atoms with Crippen LogP contribution in [0.2, 0.25) is 5.02 Å². The Hall–Kier alpha value is -3.73. The number of benzene rings is 4. The molecule has 0 aliphatic carbocycles.